The van der Waals surface area contributed by atoms with Gasteiger partial charge in [-0.1, -0.05) is 0 Å². The van der Waals surface area contributed by atoms with Gasteiger partial charge in [-0.25, -0.2) is 0 Å². The number of hydrogen-bond donors (Lipinski definition) is 1. The third kappa shape index (κ3) is 4.94. The first-order valence-electron chi connectivity index (χ1n) is 6.06. The Bertz CT molecular complexity index is 228. The van der Waals surface area contributed by atoms with Gasteiger partial charge >= 0.3 is 5.97 Å². The second kappa shape index (κ2) is 6.21. The summed E-state index contributed by atoms with van der Waals surface area (Å²) in [5, 5.41) is 3.39. The van der Waals surface area contributed by atoms with Gasteiger partial charge in [-0.2, -0.15) is 0 Å². The zero-order valence-electron chi connectivity index (χ0n) is 10.5. The van der Waals surface area contributed by atoms with E-state index in [2.05, 4.69) is 19.2 Å². The minimum atomic E-state index is -0.124. The van der Waals surface area contributed by atoms with Crippen LogP contribution < -0.4 is 5.32 Å². The van der Waals surface area contributed by atoms with E-state index in [1.807, 2.05) is 6.92 Å². The van der Waals surface area contributed by atoms with Crippen molar-refractivity contribution in [3.8, 4) is 0 Å². The van der Waals surface area contributed by atoms with E-state index in [1.165, 1.54) is 0 Å². The van der Waals surface area contributed by atoms with Crippen molar-refractivity contribution in [2.24, 2.45) is 0 Å². The van der Waals surface area contributed by atoms with Crippen LogP contribution in [-0.4, -0.2) is 37.4 Å². The van der Waals surface area contributed by atoms with Crippen LogP contribution in [0.2, 0.25) is 0 Å². The Morgan fingerprint density at radius 1 is 1.56 bits per heavy atom. The summed E-state index contributed by atoms with van der Waals surface area (Å²) in [7, 11) is 0. The molecular weight excluding hydrogens is 206 g/mol. The predicted molar refractivity (Wildman–Crippen MR) is 62.3 cm³/mol. The summed E-state index contributed by atoms with van der Waals surface area (Å²) in [6, 6.07) is 0.457. The molecule has 0 aromatic carbocycles. The number of esters is 1. The Balaban J connectivity index is 2.15. The normalized spacial score (nSPS) is 24.1. The van der Waals surface area contributed by atoms with E-state index in [0.717, 1.165) is 19.4 Å². The summed E-state index contributed by atoms with van der Waals surface area (Å²) in [6.07, 6.45) is 2.47. The second-order valence-electron chi connectivity index (χ2n) is 4.81. The van der Waals surface area contributed by atoms with Crippen LogP contribution in [0.3, 0.4) is 0 Å². The van der Waals surface area contributed by atoms with Crippen LogP contribution in [0.1, 0.15) is 40.0 Å². The van der Waals surface area contributed by atoms with Crippen molar-refractivity contribution in [3.63, 3.8) is 0 Å². The van der Waals surface area contributed by atoms with Crippen molar-refractivity contribution >= 4 is 5.97 Å². The fourth-order valence-corrected chi connectivity index (χ4v) is 2.02. The molecule has 0 aromatic heterocycles. The van der Waals surface area contributed by atoms with Gasteiger partial charge in [-0.3, -0.25) is 4.79 Å². The molecule has 0 radical (unpaired) electrons. The number of carbonyl (C=O) groups is 1. The Labute approximate surface area is 97.7 Å². The van der Waals surface area contributed by atoms with Gasteiger partial charge < -0.3 is 14.8 Å². The van der Waals surface area contributed by atoms with Crippen LogP contribution in [-0.2, 0) is 14.3 Å². The number of carbonyl (C=O) groups excluding carboxylic acids is 1. The van der Waals surface area contributed by atoms with Gasteiger partial charge in [-0.15, -0.1) is 0 Å². The van der Waals surface area contributed by atoms with Gasteiger partial charge in [0.1, 0.15) is 0 Å². The highest BCUT2D eigenvalue weighted by Gasteiger charge is 2.28. The highest BCUT2D eigenvalue weighted by Crippen LogP contribution is 2.23. The number of hydrogen-bond acceptors (Lipinski definition) is 4. The SMILES string of the molecule is CCOC(=O)CCNC1CCOC(C)(C)C1. The first-order chi connectivity index (χ1) is 7.53. The number of nitrogens with one attached hydrogen (secondary N) is 1. The van der Waals surface area contributed by atoms with Crippen LogP contribution in [0.4, 0.5) is 0 Å². The maximum absolute atomic E-state index is 11.1. The molecule has 0 spiro atoms. The number of ether oxygens (including phenoxy) is 2. The van der Waals surface area contributed by atoms with Gasteiger partial charge in [-0.05, 0) is 33.6 Å². The van der Waals surface area contributed by atoms with Gasteiger partial charge in [0.15, 0.2) is 0 Å². The highest BCUT2D eigenvalue weighted by atomic mass is 16.5. The summed E-state index contributed by atoms with van der Waals surface area (Å²) in [5.74, 6) is -0.124. The molecule has 0 amide bonds. The minimum Gasteiger partial charge on any atom is -0.466 e. The summed E-state index contributed by atoms with van der Waals surface area (Å²) < 4.78 is 10.5. The summed E-state index contributed by atoms with van der Waals surface area (Å²) in [6.45, 7) is 7.98. The van der Waals surface area contributed by atoms with E-state index in [9.17, 15) is 4.79 Å². The van der Waals surface area contributed by atoms with Crippen LogP contribution >= 0.6 is 0 Å². The topological polar surface area (TPSA) is 47.6 Å². The van der Waals surface area contributed by atoms with E-state index in [0.29, 0.717) is 25.6 Å². The summed E-state index contributed by atoms with van der Waals surface area (Å²) >= 11 is 0. The zero-order chi connectivity index (χ0) is 12.0. The molecular formula is C12H23NO3. The number of rotatable bonds is 5. The van der Waals surface area contributed by atoms with Gasteiger partial charge in [0.2, 0.25) is 0 Å². The fraction of sp³-hybridized carbons (Fsp3) is 0.917. The largest absolute Gasteiger partial charge is 0.466 e. The van der Waals surface area contributed by atoms with Crippen molar-refractivity contribution in [1.29, 1.82) is 0 Å². The average Bonchev–Trinajstić information content (AvgIpc) is 2.16. The van der Waals surface area contributed by atoms with E-state index >= 15 is 0 Å². The second-order valence-corrected chi connectivity index (χ2v) is 4.81. The van der Waals surface area contributed by atoms with Crippen molar-refractivity contribution in [1.82, 2.24) is 5.32 Å². The monoisotopic (exact) mass is 229 g/mol. The molecule has 1 aliphatic rings. The van der Waals surface area contributed by atoms with Gasteiger partial charge in [0, 0.05) is 19.2 Å². The average molecular weight is 229 g/mol. The zero-order valence-corrected chi connectivity index (χ0v) is 10.5. The van der Waals surface area contributed by atoms with Gasteiger partial charge in [0.05, 0.1) is 18.6 Å². The van der Waals surface area contributed by atoms with Gasteiger partial charge in [0.25, 0.3) is 0 Å². The highest BCUT2D eigenvalue weighted by molar-refractivity contribution is 5.69. The first kappa shape index (κ1) is 13.5. The van der Waals surface area contributed by atoms with E-state index in [-0.39, 0.29) is 11.6 Å². The predicted octanol–water partition coefficient (Wildman–Crippen LogP) is 1.49. The maximum atomic E-state index is 11.1. The Morgan fingerprint density at radius 3 is 2.94 bits per heavy atom. The molecule has 4 heteroatoms. The molecule has 1 saturated heterocycles. The lowest BCUT2D eigenvalue weighted by Crippen LogP contribution is -2.44. The standard InChI is InChI=1S/C12H23NO3/c1-4-15-11(14)5-7-13-10-6-8-16-12(2,3)9-10/h10,13H,4-9H2,1-3H3. The maximum Gasteiger partial charge on any atom is 0.307 e. The van der Waals surface area contributed by atoms with Crippen molar-refractivity contribution in [2.45, 2.75) is 51.7 Å². The smallest absolute Gasteiger partial charge is 0.307 e. The molecule has 1 aliphatic heterocycles. The third-order valence-corrected chi connectivity index (χ3v) is 2.76. The Morgan fingerprint density at radius 2 is 2.31 bits per heavy atom. The summed E-state index contributed by atoms with van der Waals surface area (Å²) in [4.78, 5) is 11.1. The molecule has 0 bridgehead atoms. The molecule has 0 aromatic rings. The molecule has 0 saturated carbocycles. The molecule has 1 atom stereocenters. The molecule has 1 N–H and O–H groups in total. The lowest BCUT2D eigenvalue weighted by Gasteiger charge is -2.35. The van der Waals surface area contributed by atoms with Crippen molar-refractivity contribution in [2.75, 3.05) is 19.8 Å². The van der Waals surface area contributed by atoms with E-state index in [4.69, 9.17) is 9.47 Å². The molecule has 1 fully saturated rings. The van der Waals surface area contributed by atoms with Crippen molar-refractivity contribution in [3.05, 3.63) is 0 Å². The van der Waals surface area contributed by atoms with Crippen LogP contribution in [0.5, 0.6) is 0 Å². The van der Waals surface area contributed by atoms with Crippen LogP contribution in [0, 0.1) is 0 Å². The third-order valence-electron chi connectivity index (χ3n) is 2.76. The summed E-state index contributed by atoms with van der Waals surface area (Å²) in [5.41, 5.74) is -0.0418. The van der Waals surface area contributed by atoms with Crippen LogP contribution in [0.15, 0.2) is 0 Å². The van der Waals surface area contributed by atoms with Crippen LogP contribution in [0.25, 0.3) is 0 Å². The molecule has 16 heavy (non-hydrogen) atoms. The fourth-order valence-electron chi connectivity index (χ4n) is 2.02. The molecule has 1 unspecified atom stereocenters. The van der Waals surface area contributed by atoms with Crippen molar-refractivity contribution < 1.29 is 14.3 Å². The molecule has 94 valence electrons. The minimum absolute atomic E-state index is 0.0418. The Kier molecular flexibility index (Phi) is 5.22. The molecule has 0 aliphatic carbocycles. The quantitative estimate of drug-likeness (QED) is 0.726. The molecule has 1 rings (SSSR count). The van der Waals surface area contributed by atoms with E-state index in [1.54, 1.807) is 0 Å². The lowest BCUT2D eigenvalue weighted by atomic mass is 9.94. The lowest BCUT2D eigenvalue weighted by molar-refractivity contribution is -0.143. The first-order valence-corrected chi connectivity index (χ1v) is 6.06. The van der Waals surface area contributed by atoms with E-state index < -0.39 is 0 Å². The molecule has 4 nitrogen and oxygen atoms in total. The molecule has 1 heterocycles. The Hall–Kier alpha value is -0.610.